The molecule has 1 nitrogen and oxygen atoms in total. The van der Waals surface area contributed by atoms with Gasteiger partial charge < -0.3 is 5.32 Å². The average Bonchev–Trinajstić information content (AvgIpc) is 2.82. The molecule has 1 heterocycles. The normalized spacial score (nSPS) is 14.3. The van der Waals surface area contributed by atoms with Crippen LogP contribution in [0.2, 0.25) is 5.02 Å². The topological polar surface area (TPSA) is 12.0 Å². The Balaban J connectivity index is 1.76. The first-order valence-electron chi connectivity index (χ1n) is 6.40. The summed E-state index contributed by atoms with van der Waals surface area (Å²) in [6.07, 6.45) is 5.09. The van der Waals surface area contributed by atoms with Crippen LogP contribution >= 0.6 is 22.9 Å². The molecule has 0 atom stereocenters. The Morgan fingerprint density at radius 1 is 1.22 bits per heavy atom. The zero-order chi connectivity index (χ0) is 12.4. The van der Waals surface area contributed by atoms with Gasteiger partial charge >= 0.3 is 0 Å². The SMILES string of the molecule is Clc1csc(CNc2cccc3c2CCCC3)c1. The minimum Gasteiger partial charge on any atom is -0.380 e. The van der Waals surface area contributed by atoms with Crippen molar-refractivity contribution in [1.82, 2.24) is 0 Å². The van der Waals surface area contributed by atoms with Crippen LogP contribution in [0, 0.1) is 0 Å². The van der Waals surface area contributed by atoms with Crippen molar-refractivity contribution in [2.45, 2.75) is 32.2 Å². The summed E-state index contributed by atoms with van der Waals surface area (Å²) >= 11 is 7.65. The van der Waals surface area contributed by atoms with Gasteiger partial charge in [-0.05, 0) is 48.9 Å². The van der Waals surface area contributed by atoms with Crippen LogP contribution < -0.4 is 5.32 Å². The molecule has 3 heteroatoms. The van der Waals surface area contributed by atoms with Gasteiger partial charge in [-0.2, -0.15) is 0 Å². The number of anilines is 1. The van der Waals surface area contributed by atoms with Gasteiger partial charge in [0, 0.05) is 22.5 Å². The molecule has 2 aromatic rings. The van der Waals surface area contributed by atoms with Crippen LogP contribution in [0.1, 0.15) is 28.8 Å². The van der Waals surface area contributed by atoms with Crippen LogP contribution in [0.15, 0.2) is 29.6 Å². The maximum atomic E-state index is 5.94. The molecule has 18 heavy (non-hydrogen) atoms. The fourth-order valence-electron chi connectivity index (χ4n) is 2.58. The number of fused-ring (bicyclic) bond motifs is 1. The van der Waals surface area contributed by atoms with Gasteiger partial charge in [0.15, 0.2) is 0 Å². The van der Waals surface area contributed by atoms with Crippen LogP contribution in [0.4, 0.5) is 5.69 Å². The van der Waals surface area contributed by atoms with Crippen LogP contribution in [-0.4, -0.2) is 0 Å². The number of halogens is 1. The standard InChI is InChI=1S/C15H16ClNS/c16-12-8-13(18-10-12)9-17-15-7-3-5-11-4-1-2-6-14(11)15/h3,5,7-8,10,17H,1-2,4,6,9H2. The first-order chi connectivity index (χ1) is 8.83. The Morgan fingerprint density at radius 2 is 2.11 bits per heavy atom. The minimum absolute atomic E-state index is 0.840. The summed E-state index contributed by atoms with van der Waals surface area (Å²) in [5.41, 5.74) is 4.35. The van der Waals surface area contributed by atoms with Gasteiger partial charge in [0.05, 0.1) is 5.02 Å². The summed E-state index contributed by atoms with van der Waals surface area (Å²) in [5, 5.41) is 6.38. The predicted octanol–water partition coefficient (Wildman–Crippen LogP) is 4.89. The molecule has 3 rings (SSSR count). The molecule has 1 aromatic heterocycles. The van der Waals surface area contributed by atoms with Crippen molar-refractivity contribution < 1.29 is 0 Å². The molecule has 0 bridgehead atoms. The van der Waals surface area contributed by atoms with Gasteiger partial charge in [-0.25, -0.2) is 0 Å². The molecule has 0 spiro atoms. The van der Waals surface area contributed by atoms with Gasteiger partial charge in [-0.15, -0.1) is 11.3 Å². The molecule has 1 aliphatic carbocycles. The molecule has 0 aliphatic heterocycles. The smallest absolute Gasteiger partial charge is 0.0516 e. The number of thiophene rings is 1. The summed E-state index contributed by atoms with van der Waals surface area (Å²) < 4.78 is 0. The number of nitrogens with one attached hydrogen (secondary N) is 1. The zero-order valence-electron chi connectivity index (χ0n) is 10.2. The van der Waals surface area contributed by atoms with E-state index in [9.17, 15) is 0 Å². The number of rotatable bonds is 3. The van der Waals surface area contributed by atoms with Crippen molar-refractivity contribution >= 4 is 28.6 Å². The fourth-order valence-corrected chi connectivity index (χ4v) is 3.59. The van der Waals surface area contributed by atoms with E-state index in [2.05, 4.69) is 23.5 Å². The highest BCUT2D eigenvalue weighted by Gasteiger charge is 2.12. The second kappa shape index (κ2) is 5.33. The van der Waals surface area contributed by atoms with E-state index in [4.69, 9.17) is 11.6 Å². The lowest BCUT2D eigenvalue weighted by Gasteiger charge is -2.19. The van der Waals surface area contributed by atoms with Crippen LogP contribution in [0.3, 0.4) is 0 Å². The van der Waals surface area contributed by atoms with Crippen molar-refractivity contribution in [3.05, 3.63) is 50.7 Å². The first-order valence-corrected chi connectivity index (χ1v) is 7.66. The summed E-state index contributed by atoms with van der Waals surface area (Å²) in [6, 6.07) is 8.66. The highest BCUT2D eigenvalue weighted by molar-refractivity contribution is 7.10. The molecular formula is C15H16ClNS. The van der Waals surface area contributed by atoms with Gasteiger partial charge in [-0.1, -0.05) is 23.7 Å². The highest BCUT2D eigenvalue weighted by Crippen LogP contribution is 2.28. The molecule has 1 aliphatic rings. The monoisotopic (exact) mass is 277 g/mol. The van der Waals surface area contributed by atoms with E-state index in [1.807, 2.05) is 11.4 Å². The second-order valence-electron chi connectivity index (χ2n) is 4.74. The molecule has 0 unspecified atom stereocenters. The van der Waals surface area contributed by atoms with Crippen LogP contribution in [-0.2, 0) is 19.4 Å². The highest BCUT2D eigenvalue weighted by atomic mass is 35.5. The van der Waals surface area contributed by atoms with Crippen molar-refractivity contribution in [3.63, 3.8) is 0 Å². The molecule has 0 saturated carbocycles. The van der Waals surface area contributed by atoms with Crippen molar-refractivity contribution in [1.29, 1.82) is 0 Å². The predicted molar refractivity (Wildman–Crippen MR) is 79.7 cm³/mol. The third-order valence-electron chi connectivity index (χ3n) is 3.47. The Kier molecular flexibility index (Phi) is 3.57. The zero-order valence-corrected chi connectivity index (χ0v) is 11.8. The maximum absolute atomic E-state index is 5.94. The maximum Gasteiger partial charge on any atom is 0.0516 e. The van der Waals surface area contributed by atoms with E-state index < -0.39 is 0 Å². The van der Waals surface area contributed by atoms with Crippen molar-refractivity contribution in [2.75, 3.05) is 5.32 Å². The quantitative estimate of drug-likeness (QED) is 0.842. The Bertz CT molecular complexity index is 547. The van der Waals surface area contributed by atoms with Crippen molar-refractivity contribution in [2.24, 2.45) is 0 Å². The molecular weight excluding hydrogens is 262 g/mol. The third kappa shape index (κ3) is 2.55. The summed E-state index contributed by atoms with van der Waals surface area (Å²) in [4.78, 5) is 1.29. The van der Waals surface area contributed by atoms with Gasteiger partial charge in [0.1, 0.15) is 0 Å². The summed E-state index contributed by atoms with van der Waals surface area (Å²) in [7, 11) is 0. The molecule has 0 amide bonds. The summed E-state index contributed by atoms with van der Waals surface area (Å²) in [6.45, 7) is 0.869. The van der Waals surface area contributed by atoms with E-state index in [1.54, 1.807) is 11.3 Å². The second-order valence-corrected chi connectivity index (χ2v) is 6.17. The molecule has 0 radical (unpaired) electrons. The largest absolute Gasteiger partial charge is 0.380 e. The van der Waals surface area contributed by atoms with E-state index in [-0.39, 0.29) is 0 Å². The number of aryl methyl sites for hydroxylation is 1. The van der Waals surface area contributed by atoms with Gasteiger partial charge in [0.25, 0.3) is 0 Å². The minimum atomic E-state index is 0.840. The Hall–Kier alpha value is -0.990. The summed E-state index contributed by atoms with van der Waals surface area (Å²) in [5.74, 6) is 0. The Labute approximate surface area is 117 Å². The fraction of sp³-hybridized carbons (Fsp3) is 0.333. The lowest BCUT2D eigenvalue weighted by molar-refractivity contribution is 0.686. The van der Waals surface area contributed by atoms with Gasteiger partial charge in [0.2, 0.25) is 0 Å². The van der Waals surface area contributed by atoms with Crippen molar-refractivity contribution in [3.8, 4) is 0 Å². The van der Waals surface area contributed by atoms with E-state index in [1.165, 1.54) is 47.4 Å². The lowest BCUT2D eigenvalue weighted by atomic mass is 9.90. The number of benzene rings is 1. The van der Waals surface area contributed by atoms with E-state index >= 15 is 0 Å². The number of hydrogen-bond acceptors (Lipinski definition) is 2. The average molecular weight is 278 g/mol. The molecule has 1 N–H and O–H groups in total. The first kappa shape index (κ1) is 12.1. The third-order valence-corrected chi connectivity index (χ3v) is 4.76. The van der Waals surface area contributed by atoms with Crippen LogP contribution in [0.5, 0.6) is 0 Å². The Morgan fingerprint density at radius 3 is 2.94 bits per heavy atom. The molecule has 94 valence electrons. The molecule has 1 aromatic carbocycles. The molecule has 0 saturated heterocycles. The number of hydrogen-bond donors (Lipinski definition) is 1. The van der Waals surface area contributed by atoms with Gasteiger partial charge in [-0.3, -0.25) is 0 Å². The van der Waals surface area contributed by atoms with E-state index in [0.29, 0.717) is 0 Å². The lowest BCUT2D eigenvalue weighted by Crippen LogP contribution is -2.08. The molecule has 0 fully saturated rings. The van der Waals surface area contributed by atoms with E-state index in [0.717, 1.165) is 11.6 Å². The van der Waals surface area contributed by atoms with Crippen LogP contribution in [0.25, 0.3) is 0 Å².